The number of benzene rings is 2. The first-order valence-electron chi connectivity index (χ1n) is 11.1. The molecule has 0 aliphatic heterocycles. The van der Waals surface area contributed by atoms with Gasteiger partial charge in [-0.3, -0.25) is 4.79 Å². The molecule has 0 radical (unpaired) electrons. The predicted molar refractivity (Wildman–Crippen MR) is 117 cm³/mol. The number of carbonyl (C=O) groups excluding carboxylic acids is 1. The molecule has 1 heteroatoms. The average Bonchev–Trinajstić information content (AvgIpc) is 3.55. The van der Waals surface area contributed by atoms with Gasteiger partial charge in [0.1, 0.15) is 5.78 Å². The van der Waals surface area contributed by atoms with Gasteiger partial charge in [-0.25, -0.2) is 0 Å². The van der Waals surface area contributed by atoms with E-state index in [-0.39, 0.29) is 0 Å². The van der Waals surface area contributed by atoms with Crippen LogP contribution < -0.4 is 0 Å². The van der Waals surface area contributed by atoms with Crippen molar-refractivity contribution in [2.75, 3.05) is 0 Å². The fraction of sp³-hybridized carbons (Fsp3) is 0.519. The molecule has 2 aromatic rings. The van der Waals surface area contributed by atoms with Crippen LogP contribution in [0.4, 0.5) is 0 Å². The zero-order chi connectivity index (χ0) is 19.8. The molecule has 2 unspecified atom stereocenters. The van der Waals surface area contributed by atoms with Crippen LogP contribution in [0.5, 0.6) is 0 Å². The number of Topliss-reactive ketones (excluding diaryl/α,β-unsaturated/α-hetero) is 1. The minimum atomic E-state index is 0.423. The minimum absolute atomic E-state index is 0.423. The lowest BCUT2D eigenvalue weighted by Gasteiger charge is -2.21. The Morgan fingerprint density at radius 3 is 1.43 bits per heavy atom. The van der Waals surface area contributed by atoms with E-state index in [0.717, 1.165) is 12.8 Å². The molecule has 148 valence electrons. The van der Waals surface area contributed by atoms with Gasteiger partial charge in [-0.05, 0) is 110 Å². The van der Waals surface area contributed by atoms with Crippen LogP contribution in [0.15, 0.2) is 36.4 Å². The Hall–Kier alpha value is -1.89. The maximum Gasteiger partial charge on any atom is 0.134 e. The SMILES string of the molecule is Cc1ccc(C(CC(=O)CC(c2ccc(C)c(C)c2)C2CC2)C2CC2)cc1C. The monoisotopic (exact) mass is 374 g/mol. The molecule has 1 nitrogen and oxygen atoms in total. The zero-order valence-corrected chi connectivity index (χ0v) is 17.9. The van der Waals surface area contributed by atoms with Crippen LogP contribution in [0, 0.1) is 39.5 Å². The first-order valence-corrected chi connectivity index (χ1v) is 11.1. The summed E-state index contributed by atoms with van der Waals surface area (Å²) >= 11 is 0. The van der Waals surface area contributed by atoms with Gasteiger partial charge in [0.25, 0.3) is 0 Å². The molecule has 0 saturated heterocycles. The molecule has 2 saturated carbocycles. The van der Waals surface area contributed by atoms with E-state index in [9.17, 15) is 4.79 Å². The van der Waals surface area contributed by atoms with E-state index in [1.807, 2.05) is 0 Å². The zero-order valence-electron chi connectivity index (χ0n) is 17.9. The summed E-state index contributed by atoms with van der Waals surface area (Å²) in [5.74, 6) is 2.74. The van der Waals surface area contributed by atoms with Gasteiger partial charge in [-0.2, -0.15) is 0 Å². The van der Waals surface area contributed by atoms with E-state index < -0.39 is 0 Å². The molecule has 2 aliphatic carbocycles. The third-order valence-corrected chi connectivity index (χ3v) is 7.20. The van der Waals surface area contributed by atoms with Crippen LogP contribution in [0.1, 0.15) is 83.7 Å². The number of carbonyl (C=O) groups is 1. The molecule has 28 heavy (non-hydrogen) atoms. The summed E-state index contributed by atoms with van der Waals surface area (Å²) < 4.78 is 0. The topological polar surface area (TPSA) is 17.1 Å². The Bertz CT molecular complexity index is 798. The first kappa shape index (κ1) is 19.4. The van der Waals surface area contributed by atoms with Crippen LogP contribution in [0.2, 0.25) is 0 Å². The quantitative estimate of drug-likeness (QED) is 0.488. The van der Waals surface area contributed by atoms with Crippen molar-refractivity contribution in [1.82, 2.24) is 0 Å². The largest absolute Gasteiger partial charge is 0.300 e. The maximum atomic E-state index is 13.2. The van der Waals surface area contributed by atoms with E-state index in [1.54, 1.807) is 0 Å². The van der Waals surface area contributed by atoms with Gasteiger partial charge in [0, 0.05) is 12.8 Å². The molecule has 4 rings (SSSR count). The van der Waals surface area contributed by atoms with Crippen molar-refractivity contribution in [1.29, 1.82) is 0 Å². The van der Waals surface area contributed by atoms with E-state index in [0.29, 0.717) is 29.5 Å². The lowest BCUT2D eigenvalue weighted by molar-refractivity contribution is -0.120. The lowest BCUT2D eigenvalue weighted by Crippen LogP contribution is -2.14. The molecule has 2 fully saturated rings. The second kappa shape index (κ2) is 7.85. The van der Waals surface area contributed by atoms with Crippen molar-refractivity contribution in [3.8, 4) is 0 Å². The van der Waals surface area contributed by atoms with Gasteiger partial charge < -0.3 is 0 Å². The van der Waals surface area contributed by atoms with E-state index >= 15 is 0 Å². The molecule has 0 amide bonds. The summed E-state index contributed by atoms with van der Waals surface area (Å²) in [6, 6.07) is 13.6. The molecular formula is C27H34O. The second-order valence-electron chi connectivity index (χ2n) is 9.52. The highest BCUT2D eigenvalue weighted by molar-refractivity contribution is 5.80. The highest BCUT2D eigenvalue weighted by atomic mass is 16.1. The average molecular weight is 375 g/mol. The molecular weight excluding hydrogens is 340 g/mol. The lowest BCUT2D eigenvalue weighted by atomic mass is 9.83. The Labute approximate surface area is 170 Å². The van der Waals surface area contributed by atoms with E-state index in [1.165, 1.54) is 59.1 Å². The van der Waals surface area contributed by atoms with Crippen molar-refractivity contribution in [2.24, 2.45) is 11.8 Å². The van der Waals surface area contributed by atoms with Crippen LogP contribution in [-0.4, -0.2) is 5.78 Å². The summed E-state index contributed by atoms with van der Waals surface area (Å²) in [6.45, 7) is 8.71. The van der Waals surface area contributed by atoms with Gasteiger partial charge in [0.15, 0.2) is 0 Å². The molecule has 0 N–H and O–H groups in total. The summed E-state index contributed by atoms with van der Waals surface area (Å²) in [6.07, 6.45) is 6.59. The Morgan fingerprint density at radius 1 is 0.714 bits per heavy atom. The highest BCUT2D eigenvalue weighted by Crippen LogP contribution is 2.48. The highest BCUT2D eigenvalue weighted by Gasteiger charge is 2.37. The van der Waals surface area contributed by atoms with Crippen molar-refractivity contribution in [3.05, 3.63) is 69.8 Å². The van der Waals surface area contributed by atoms with Gasteiger partial charge in [-0.1, -0.05) is 36.4 Å². The number of ketones is 1. The van der Waals surface area contributed by atoms with Gasteiger partial charge in [-0.15, -0.1) is 0 Å². The molecule has 0 spiro atoms. The van der Waals surface area contributed by atoms with Gasteiger partial charge in [0.2, 0.25) is 0 Å². The molecule has 0 bridgehead atoms. The molecule has 0 heterocycles. The summed E-state index contributed by atoms with van der Waals surface area (Å²) in [4.78, 5) is 13.2. The third-order valence-electron chi connectivity index (χ3n) is 7.20. The summed E-state index contributed by atoms with van der Waals surface area (Å²) in [5.41, 5.74) is 8.14. The fourth-order valence-electron chi connectivity index (χ4n) is 4.67. The standard InChI is InChI=1S/C27H34O/c1-17-5-7-23(13-19(17)3)26(21-9-10-21)15-25(28)16-27(22-11-12-22)24-8-6-18(2)20(4)14-24/h5-8,13-14,21-22,26-27H,9-12,15-16H2,1-4H3. The maximum absolute atomic E-state index is 13.2. The van der Waals surface area contributed by atoms with E-state index in [2.05, 4.69) is 64.1 Å². The van der Waals surface area contributed by atoms with Crippen molar-refractivity contribution in [2.45, 2.75) is 78.1 Å². The first-order chi connectivity index (χ1) is 13.4. The number of rotatable bonds is 8. The Balaban J connectivity index is 1.49. The Kier molecular flexibility index (Phi) is 5.45. The Morgan fingerprint density at radius 2 is 1.11 bits per heavy atom. The second-order valence-corrected chi connectivity index (χ2v) is 9.52. The van der Waals surface area contributed by atoms with Crippen molar-refractivity contribution in [3.63, 3.8) is 0 Å². The summed E-state index contributed by atoms with van der Waals surface area (Å²) in [7, 11) is 0. The smallest absolute Gasteiger partial charge is 0.134 e. The number of hydrogen-bond acceptors (Lipinski definition) is 1. The van der Waals surface area contributed by atoms with Crippen LogP contribution in [0.25, 0.3) is 0 Å². The van der Waals surface area contributed by atoms with Crippen molar-refractivity contribution < 1.29 is 4.79 Å². The fourth-order valence-corrected chi connectivity index (χ4v) is 4.67. The van der Waals surface area contributed by atoms with Gasteiger partial charge in [0.05, 0.1) is 0 Å². The predicted octanol–water partition coefficient (Wildman–Crippen LogP) is 6.96. The molecule has 0 aromatic heterocycles. The van der Waals surface area contributed by atoms with Gasteiger partial charge >= 0.3 is 0 Å². The van der Waals surface area contributed by atoms with Crippen LogP contribution in [-0.2, 0) is 4.79 Å². The number of aryl methyl sites for hydroxylation is 4. The van der Waals surface area contributed by atoms with Crippen LogP contribution >= 0.6 is 0 Å². The van der Waals surface area contributed by atoms with Crippen LogP contribution in [0.3, 0.4) is 0 Å². The van der Waals surface area contributed by atoms with E-state index in [4.69, 9.17) is 0 Å². The molecule has 2 aliphatic rings. The van der Waals surface area contributed by atoms with Crippen molar-refractivity contribution >= 4 is 5.78 Å². The third kappa shape index (κ3) is 4.40. The minimum Gasteiger partial charge on any atom is -0.300 e. The summed E-state index contributed by atoms with van der Waals surface area (Å²) in [5, 5.41) is 0. The molecule has 2 aromatic carbocycles. The number of hydrogen-bond donors (Lipinski definition) is 0. The normalized spacial score (nSPS) is 18.7. The molecule has 2 atom stereocenters.